The Morgan fingerprint density at radius 1 is 1.04 bits per heavy atom. The van der Waals surface area contributed by atoms with Gasteiger partial charge in [0.25, 0.3) is 0 Å². The zero-order valence-electron chi connectivity index (χ0n) is 16.2. The number of hydrogen-bond acceptors (Lipinski definition) is 6. The Kier molecular flexibility index (Phi) is 6.66. The average molecular weight is 361 g/mol. The van der Waals surface area contributed by atoms with Crippen molar-refractivity contribution in [3.05, 3.63) is 12.4 Å². The highest BCUT2D eigenvalue weighted by atomic mass is 16.1. The molecule has 3 rings (SSSR count). The lowest BCUT2D eigenvalue weighted by atomic mass is 9.95. The van der Waals surface area contributed by atoms with Crippen molar-refractivity contribution in [2.75, 3.05) is 62.2 Å². The molecule has 2 aliphatic rings. The second-order valence-corrected chi connectivity index (χ2v) is 7.21. The fourth-order valence-corrected chi connectivity index (χ4v) is 3.70. The van der Waals surface area contributed by atoms with E-state index in [1.165, 1.54) is 0 Å². The highest BCUT2D eigenvalue weighted by Gasteiger charge is 2.25. The van der Waals surface area contributed by atoms with Crippen molar-refractivity contribution in [1.82, 2.24) is 20.2 Å². The Hall–Kier alpha value is -1.89. The SMILES string of the molecule is CCCNC(=O)C1CCN(c2cnc(N3CCN(CC)CC3)nc2)CC1. The Labute approximate surface area is 156 Å². The summed E-state index contributed by atoms with van der Waals surface area (Å²) in [7, 11) is 0. The Bertz CT molecular complexity index is 562. The molecule has 0 radical (unpaired) electrons. The summed E-state index contributed by atoms with van der Waals surface area (Å²) < 4.78 is 0. The van der Waals surface area contributed by atoms with Crippen LogP contribution in [0.5, 0.6) is 0 Å². The molecule has 26 heavy (non-hydrogen) atoms. The van der Waals surface area contributed by atoms with Gasteiger partial charge in [-0.3, -0.25) is 4.79 Å². The largest absolute Gasteiger partial charge is 0.369 e. The van der Waals surface area contributed by atoms with E-state index >= 15 is 0 Å². The van der Waals surface area contributed by atoms with Gasteiger partial charge < -0.3 is 20.0 Å². The summed E-state index contributed by atoms with van der Waals surface area (Å²) in [6, 6.07) is 0. The van der Waals surface area contributed by atoms with Crippen molar-refractivity contribution >= 4 is 17.5 Å². The first-order chi connectivity index (χ1) is 12.7. The van der Waals surface area contributed by atoms with Gasteiger partial charge in [0, 0.05) is 51.7 Å². The molecule has 0 saturated carbocycles. The zero-order valence-corrected chi connectivity index (χ0v) is 16.2. The van der Waals surface area contributed by atoms with Crippen LogP contribution in [0, 0.1) is 5.92 Å². The minimum Gasteiger partial charge on any atom is -0.369 e. The van der Waals surface area contributed by atoms with Crippen molar-refractivity contribution in [2.24, 2.45) is 5.92 Å². The topological polar surface area (TPSA) is 64.6 Å². The van der Waals surface area contributed by atoms with Crippen LogP contribution in [0.2, 0.25) is 0 Å². The van der Waals surface area contributed by atoms with E-state index in [1.54, 1.807) is 0 Å². The molecule has 3 heterocycles. The van der Waals surface area contributed by atoms with E-state index in [1.807, 2.05) is 12.4 Å². The van der Waals surface area contributed by atoms with E-state index in [2.05, 4.69) is 43.8 Å². The third-order valence-corrected chi connectivity index (χ3v) is 5.51. The first kappa shape index (κ1) is 18.9. The van der Waals surface area contributed by atoms with E-state index in [4.69, 9.17) is 0 Å². The molecule has 0 spiro atoms. The minimum absolute atomic E-state index is 0.146. The van der Waals surface area contributed by atoms with Crippen LogP contribution in [0.3, 0.4) is 0 Å². The molecule has 7 nitrogen and oxygen atoms in total. The number of piperazine rings is 1. The number of amides is 1. The summed E-state index contributed by atoms with van der Waals surface area (Å²) in [5.41, 5.74) is 1.06. The normalized spacial score (nSPS) is 19.6. The van der Waals surface area contributed by atoms with Gasteiger partial charge in [-0.05, 0) is 25.8 Å². The van der Waals surface area contributed by atoms with E-state index in [0.29, 0.717) is 0 Å². The van der Waals surface area contributed by atoms with Crippen LogP contribution >= 0.6 is 0 Å². The van der Waals surface area contributed by atoms with Crippen LogP contribution in [-0.2, 0) is 4.79 Å². The van der Waals surface area contributed by atoms with Crippen LogP contribution in [0.25, 0.3) is 0 Å². The molecule has 2 fully saturated rings. The number of piperidine rings is 1. The molecule has 144 valence electrons. The number of carbonyl (C=O) groups is 1. The molecule has 2 saturated heterocycles. The van der Waals surface area contributed by atoms with E-state index in [0.717, 1.165) is 83.3 Å². The third-order valence-electron chi connectivity index (χ3n) is 5.51. The van der Waals surface area contributed by atoms with E-state index < -0.39 is 0 Å². The van der Waals surface area contributed by atoms with Gasteiger partial charge in [-0.1, -0.05) is 13.8 Å². The number of anilines is 2. The van der Waals surface area contributed by atoms with Gasteiger partial charge in [-0.2, -0.15) is 0 Å². The second-order valence-electron chi connectivity index (χ2n) is 7.21. The number of aromatic nitrogens is 2. The van der Waals surface area contributed by atoms with Crippen molar-refractivity contribution in [3.63, 3.8) is 0 Å². The van der Waals surface area contributed by atoms with Gasteiger partial charge in [-0.15, -0.1) is 0 Å². The maximum atomic E-state index is 12.1. The average Bonchev–Trinajstić information content (AvgIpc) is 2.72. The molecule has 2 aliphatic heterocycles. The molecular formula is C19H32N6O. The lowest BCUT2D eigenvalue weighted by Crippen LogP contribution is -2.46. The summed E-state index contributed by atoms with van der Waals surface area (Å²) in [4.78, 5) is 28.3. The summed E-state index contributed by atoms with van der Waals surface area (Å²) >= 11 is 0. The fourth-order valence-electron chi connectivity index (χ4n) is 3.70. The number of likely N-dealkylation sites (N-methyl/N-ethyl adjacent to an activating group) is 1. The molecular weight excluding hydrogens is 328 g/mol. The van der Waals surface area contributed by atoms with Gasteiger partial charge in [0.05, 0.1) is 18.1 Å². The number of nitrogens with zero attached hydrogens (tertiary/aromatic N) is 5. The third kappa shape index (κ3) is 4.63. The first-order valence-corrected chi connectivity index (χ1v) is 10.0. The van der Waals surface area contributed by atoms with Crippen LogP contribution < -0.4 is 15.1 Å². The highest BCUT2D eigenvalue weighted by Crippen LogP contribution is 2.23. The van der Waals surface area contributed by atoms with Crippen LogP contribution in [0.4, 0.5) is 11.6 Å². The summed E-state index contributed by atoms with van der Waals surface area (Å²) in [5.74, 6) is 1.19. The van der Waals surface area contributed by atoms with Crippen molar-refractivity contribution < 1.29 is 4.79 Å². The molecule has 1 aromatic rings. The van der Waals surface area contributed by atoms with Gasteiger partial charge in [-0.25, -0.2) is 9.97 Å². The standard InChI is InChI=1S/C19H32N6O/c1-3-7-20-18(26)16-5-8-24(9-6-16)17-14-21-19(22-15-17)25-12-10-23(4-2)11-13-25/h14-16H,3-13H2,1-2H3,(H,20,26). The molecule has 7 heteroatoms. The molecule has 0 bridgehead atoms. The number of carbonyl (C=O) groups excluding carboxylic acids is 1. The van der Waals surface area contributed by atoms with Gasteiger partial charge in [0.1, 0.15) is 0 Å². The lowest BCUT2D eigenvalue weighted by molar-refractivity contribution is -0.125. The van der Waals surface area contributed by atoms with Gasteiger partial charge >= 0.3 is 0 Å². The summed E-state index contributed by atoms with van der Waals surface area (Å²) in [6.07, 6.45) is 6.66. The Balaban J connectivity index is 1.50. The Morgan fingerprint density at radius 3 is 2.27 bits per heavy atom. The first-order valence-electron chi connectivity index (χ1n) is 10.0. The van der Waals surface area contributed by atoms with Crippen LogP contribution in [-0.4, -0.2) is 73.1 Å². The van der Waals surface area contributed by atoms with Gasteiger partial charge in [0.2, 0.25) is 11.9 Å². The quantitative estimate of drug-likeness (QED) is 0.826. The van der Waals surface area contributed by atoms with Crippen LogP contribution in [0.15, 0.2) is 12.4 Å². The summed E-state index contributed by atoms with van der Waals surface area (Å²) in [5, 5.41) is 3.02. The maximum Gasteiger partial charge on any atom is 0.225 e. The predicted molar refractivity (Wildman–Crippen MR) is 105 cm³/mol. The van der Waals surface area contributed by atoms with Crippen molar-refractivity contribution in [3.8, 4) is 0 Å². The molecule has 0 atom stereocenters. The predicted octanol–water partition coefficient (Wildman–Crippen LogP) is 1.36. The number of rotatable bonds is 6. The van der Waals surface area contributed by atoms with Crippen molar-refractivity contribution in [2.45, 2.75) is 33.1 Å². The van der Waals surface area contributed by atoms with Crippen LogP contribution in [0.1, 0.15) is 33.1 Å². The van der Waals surface area contributed by atoms with E-state index in [9.17, 15) is 4.79 Å². The minimum atomic E-state index is 0.146. The summed E-state index contributed by atoms with van der Waals surface area (Å²) in [6.45, 7) is 12.1. The molecule has 1 aromatic heterocycles. The number of hydrogen-bond donors (Lipinski definition) is 1. The van der Waals surface area contributed by atoms with E-state index in [-0.39, 0.29) is 11.8 Å². The Morgan fingerprint density at radius 2 is 1.69 bits per heavy atom. The molecule has 1 N–H and O–H groups in total. The molecule has 0 unspecified atom stereocenters. The zero-order chi connectivity index (χ0) is 18.4. The van der Waals surface area contributed by atoms with Gasteiger partial charge in [0.15, 0.2) is 0 Å². The lowest BCUT2D eigenvalue weighted by Gasteiger charge is -2.35. The maximum absolute atomic E-state index is 12.1. The molecule has 0 aliphatic carbocycles. The number of nitrogens with one attached hydrogen (secondary N) is 1. The highest BCUT2D eigenvalue weighted by molar-refractivity contribution is 5.78. The molecule has 1 amide bonds. The fraction of sp³-hybridized carbons (Fsp3) is 0.737. The van der Waals surface area contributed by atoms with Crippen molar-refractivity contribution in [1.29, 1.82) is 0 Å². The second kappa shape index (κ2) is 9.16. The monoisotopic (exact) mass is 360 g/mol. The molecule has 0 aromatic carbocycles. The smallest absolute Gasteiger partial charge is 0.225 e.